The van der Waals surface area contributed by atoms with Crippen molar-refractivity contribution in [2.75, 3.05) is 5.32 Å². The van der Waals surface area contributed by atoms with Crippen LogP contribution in [0.15, 0.2) is 36.7 Å². The Kier molecular flexibility index (Phi) is 3.85. The number of benzene rings is 1. The molecule has 0 fully saturated rings. The molecule has 1 amide bonds. The molecule has 20 heavy (non-hydrogen) atoms. The van der Waals surface area contributed by atoms with Crippen molar-refractivity contribution < 1.29 is 4.79 Å². The molecule has 0 saturated carbocycles. The average molecular weight is 273 g/mol. The number of nitrogens with two attached hydrogens (primary N) is 1. The standard InChI is InChI=1S/C14H19N5O/c1-14(2,3)12(15)13(20)17-10-4-6-11(7-5-10)19-9-8-16-18-19/h4-9,12H,15H2,1-3H3,(H,17,20)/t12-/m1/s1. The molecule has 0 saturated heterocycles. The summed E-state index contributed by atoms with van der Waals surface area (Å²) in [5.74, 6) is -0.189. The predicted octanol–water partition coefficient (Wildman–Crippen LogP) is 1.58. The number of amides is 1. The summed E-state index contributed by atoms with van der Waals surface area (Å²) in [7, 11) is 0. The predicted molar refractivity (Wildman–Crippen MR) is 77.4 cm³/mol. The Bertz CT molecular complexity index is 569. The zero-order valence-corrected chi connectivity index (χ0v) is 11.9. The molecule has 1 aromatic carbocycles. The normalized spacial score (nSPS) is 13.0. The first-order valence-electron chi connectivity index (χ1n) is 6.41. The first-order valence-corrected chi connectivity index (χ1v) is 6.41. The topological polar surface area (TPSA) is 85.8 Å². The molecule has 0 spiro atoms. The Hall–Kier alpha value is -2.21. The van der Waals surface area contributed by atoms with Gasteiger partial charge in [-0.3, -0.25) is 4.79 Å². The Morgan fingerprint density at radius 1 is 1.30 bits per heavy atom. The third-order valence-corrected chi connectivity index (χ3v) is 3.04. The van der Waals surface area contributed by atoms with Gasteiger partial charge in [0.1, 0.15) is 0 Å². The van der Waals surface area contributed by atoms with Crippen molar-refractivity contribution >= 4 is 11.6 Å². The molecule has 1 aromatic heterocycles. The maximum Gasteiger partial charge on any atom is 0.241 e. The van der Waals surface area contributed by atoms with Crippen LogP contribution in [0.3, 0.4) is 0 Å². The molecule has 0 unspecified atom stereocenters. The molecule has 2 rings (SSSR count). The monoisotopic (exact) mass is 273 g/mol. The summed E-state index contributed by atoms with van der Waals surface area (Å²) in [6, 6.07) is 6.77. The lowest BCUT2D eigenvalue weighted by molar-refractivity contribution is -0.119. The van der Waals surface area contributed by atoms with Gasteiger partial charge in [0.05, 0.1) is 24.1 Å². The highest BCUT2D eigenvalue weighted by molar-refractivity contribution is 5.95. The maximum atomic E-state index is 12.0. The van der Waals surface area contributed by atoms with Crippen molar-refractivity contribution in [1.82, 2.24) is 15.0 Å². The van der Waals surface area contributed by atoms with Gasteiger partial charge >= 0.3 is 0 Å². The number of anilines is 1. The molecular formula is C14H19N5O. The largest absolute Gasteiger partial charge is 0.325 e. The van der Waals surface area contributed by atoms with Gasteiger partial charge in [-0.1, -0.05) is 26.0 Å². The summed E-state index contributed by atoms with van der Waals surface area (Å²) in [5, 5.41) is 10.5. The van der Waals surface area contributed by atoms with Crippen LogP contribution >= 0.6 is 0 Å². The molecule has 2 aromatic rings. The number of aromatic nitrogens is 3. The maximum absolute atomic E-state index is 12.0. The van der Waals surface area contributed by atoms with Gasteiger partial charge in [-0.05, 0) is 29.7 Å². The van der Waals surface area contributed by atoms with E-state index < -0.39 is 6.04 Å². The lowest BCUT2D eigenvalue weighted by atomic mass is 9.87. The smallest absolute Gasteiger partial charge is 0.241 e. The fourth-order valence-corrected chi connectivity index (χ4v) is 1.66. The molecular weight excluding hydrogens is 254 g/mol. The summed E-state index contributed by atoms with van der Waals surface area (Å²) in [6.07, 6.45) is 3.36. The molecule has 3 N–H and O–H groups in total. The van der Waals surface area contributed by atoms with Crippen LogP contribution < -0.4 is 11.1 Å². The summed E-state index contributed by atoms with van der Waals surface area (Å²) in [4.78, 5) is 12.0. The average Bonchev–Trinajstić information content (AvgIpc) is 2.91. The molecule has 1 atom stereocenters. The van der Waals surface area contributed by atoms with Gasteiger partial charge < -0.3 is 11.1 Å². The Morgan fingerprint density at radius 3 is 2.45 bits per heavy atom. The zero-order valence-electron chi connectivity index (χ0n) is 11.9. The van der Waals surface area contributed by atoms with E-state index in [9.17, 15) is 4.79 Å². The molecule has 0 bridgehead atoms. The minimum Gasteiger partial charge on any atom is -0.325 e. The van der Waals surface area contributed by atoms with Crippen LogP contribution in [0.1, 0.15) is 20.8 Å². The van der Waals surface area contributed by atoms with Gasteiger partial charge in [0.2, 0.25) is 5.91 Å². The second-order valence-electron chi connectivity index (χ2n) is 5.73. The summed E-state index contributed by atoms with van der Waals surface area (Å²) >= 11 is 0. The number of carbonyl (C=O) groups is 1. The highest BCUT2D eigenvalue weighted by atomic mass is 16.2. The molecule has 0 aliphatic heterocycles. The third-order valence-electron chi connectivity index (χ3n) is 3.04. The quantitative estimate of drug-likeness (QED) is 0.889. The summed E-state index contributed by atoms with van der Waals surface area (Å²) in [6.45, 7) is 5.81. The Morgan fingerprint density at radius 2 is 1.95 bits per heavy atom. The van der Waals surface area contributed by atoms with E-state index >= 15 is 0 Å². The van der Waals surface area contributed by atoms with E-state index in [1.165, 1.54) is 0 Å². The minimum absolute atomic E-state index is 0.189. The fourth-order valence-electron chi connectivity index (χ4n) is 1.66. The van der Waals surface area contributed by atoms with E-state index in [2.05, 4.69) is 15.6 Å². The van der Waals surface area contributed by atoms with Crippen LogP contribution in [-0.4, -0.2) is 26.9 Å². The second kappa shape index (κ2) is 5.42. The summed E-state index contributed by atoms with van der Waals surface area (Å²) in [5.41, 5.74) is 7.22. The minimum atomic E-state index is -0.558. The molecule has 0 aliphatic rings. The Balaban J connectivity index is 2.06. The van der Waals surface area contributed by atoms with Gasteiger partial charge in [0.15, 0.2) is 0 Å². The van der Waals surface area contributed by atoms with E-state index in [-0.39, 0.29) is 11.3 Å². The highest BCUT2D eigenvalue weighted by Gasteiger charge is 2.27. The van der Waals surface area contributed by atoms with Gasteiger partial charge in [-0.25, -0.2) is 4.68 Å². The SMILES string of the molecule is CC(C)(C)[C@H](N)C(=O)Nc1ccc(-n2ccnn2)cc1. The molecule has 0 radical (unpaired) electrons. The summed E-state index contributed by atoms with van der Waals surface area (Å²) < 4.78 is 1.65. The number of nitrogens with one attached hydrogen (secondary N) is 1. The first kappa shape index (κ1) is 14.2. The van der Waals surface area contributed by atoms with Gasteiger partial charge in [0, 0.05) is 5.69 Å². The van der Waals surface area contributed by atoms with E-state index in [1.54, 1.807) is 17.1 Å². The molecule has 0 aliphatic carbocycles. The van der Waals surface area contributed by atoms with Crippen molar-refractivity contribution in [2.45, 2.75) is 26.8 Å². The van der Waals surface area contributed by atoms with Crippen LogP contribution in [0.2, 0.25) is 0 Å². The second-order valence-corrected chi connectivity index (χ2v) is 5.73. The number of carbonyl (C=O) groups excluding carboxylic acids is 1. The molecule has 6 heteroatoms. The number of rotatable bonds is 3. The zero-order chi connectivity index (χ0) is 14.8. The number of hydrogen-bond donors (Lipinski definition) is 2. The van der Waals surface area contributed by atoms with Crippen LogP contribution in [-0.2, 0) is 4.79 Å². The number of nitrogens with zero attached hydrogens (tertiary/aromatic N) is 3. The van der Waals surface area contributed by atoms with Crippen molar-refractivity contribution in [2.24, 2.45) is 11.1 Å². The Labute approximate surface area is 118 Å². The van der Waals surface area contributed by atoms with Gasteiger partial charge in [-0.2, -0.15) is 0 Å². The molecule has 1 heterocycles. The number of hydrogen-bond acceptors (Lipinski definition) is 4. The third kappa shape index (κ3) is 3.21. The van der Waals surface area contributed by atoms with Gasteiger partial charge in [0.25, 0.3) is 0 Å². The van der Waals surface area contributed by atoms with Crippen LogP contribution in [0.25, 0.3) is 5.69 Å². The van der Waals surface area contributed by atoms with E-state index in [0.29, 0.717) is 5.69 Å². The fraction of sp³-hybridized carbons (Fsp3) is 0.357. The van der Waals surface area contributed by atoms with E-state index in [4.69, 9.17) is 5.73 Å². The van der Waals surface area contributed by atoms with E-state index in [1.807, 2.05) is 45.0 Å². The van der Waals surface area contributed by atoms with Crippen molar-refractivity contribution in [1.29, 1.82) is 0 Å². The van der Waals surface area contributed by atoms with Crippen LogP contribution in [0.4, 0.5) is 5.69 Å². The van der Waals surface area contributed by atoms with Crippen molar-refractivity contribution in [3.8, 4) is 5.69 Å². The molecule has 6 nitrogen and oxygen atoms in total. The van der Waals surface area contributed by atoms with Crippen molar-refractivity contribution in [3.63, 3.8) is 0 Å². The lowest BCUT2D eigenvalue weighted by Crippen LogP contribution is -2.45. The molecule has 106 valence electrons. The highest BCUT2D eigenvalue weighted by Crippen LogP contribution is 2.19. The van der Waals surface area contributed by atoms with Crippen LogP contribution in [0.5, 0.6) is 0 Å². The van der Waals surface area contributed by atoms with Crippen molar-refractivity contribution in [3.05, 3.63) is 36.7 Å². The van der Waals surface area contributed by atoms with Crippen LogP contribution in [0, 0.1) is 5.41 Å². The lowest BCUT2D eigenvalue weighted by Gasteiger charge is -2.25. The first-order chi connectivity index (χ1) is 9.38. The van der Waals surface area contributed by atoms with E-state index in [0.717, 1.165) is 5.69 Å². The van der Waals surface area contributed by atoms with Gasteiger partial charge in [-0.15, -0.1) is 5.10 Å².